The zero-order chi connectivity index (χ0) is 11.1. The van der Waals surface area contributed by atoms with Crippen molar-refractivity contribution >= 4 is 17.7 Å². The highest BCUT2D eigenvalue weighted by Gasteiger charge is 2.07. The molecule has 1 rings (SSSR count). The monoisotopic (exact) mass is 224 g/mol. The Balaban J connectivity index is 2.56. The van der Waals surface area contributed by atoms with Crippen LogP contribution >= 0.6 is 11.8 Å². The van der Waals surface area contributed by atoms with Crippen LogP contribution in [0.1, 0.15) is 35.7 Å². The second-order valence-corrected chi connectivity index (χ2v) is 4.47. The van der Waals surface area contributed by atoms with Crippen LogP contribution in [-0.2, 0) is 5.75 Å². The molecule has 0 bridgehead atoms. The Kier molecular flexibility index (Phi) is 5.26. The van der Waals surface area contributed by atoms with Gasteiger partial charge in [0.2, 0.25) is 0 Å². The SMILES string of the molecule is CCCCSCc1ccccc1C(=O)O. The Labute approximate surface area is 94.7 Å². The van der Waals surface area contributed by atoms with Gasteiger partial charge in [-0.3, -0.25) is 0 Å². The summed E-state index contributed by atoms with van der Waals surface area (Å²) in [5, 5.41) is 8.96. The Bertz CT molecular complexity index is 323. The van der Waals surface area contributed by atoms with Gasteiger partial charge in [-0.15, -0.1) is 0 Å². The summed E-state index contributed by atoms with van der Waals surface area (Å²) in [5.41, 5.74) is 1.35. The van der Waals surface area contributed by atoms with Gasteiger partial charge in [-0.25, -0.2) is 4.79 Å². The lowest BCUT2D eigenvalue weighted by molar-refractivity contribution is 0.0696. The van der Waals surface area contributed by atoms with Crippen LogP contribution in [0.25, 0.3) is 0 Å². The molecule has 0 aliphatic heterocycles. The van der Waals surface area contributed by atoms with Crippen LogP contribution in [0, 0.1) is 0 Å². The molecule has 1 aromatic carbocycles. The summed E-state index contributed by atoms with van der Waals surface area (Å²) in [6.07, 6.45) is 2.38. The molecule has 0 atom stereocenters. The number of aromatic carboxylic acids is 1. The van der Waals surface area contributed by atoms with Gasteiger partial charge in [-0.05, 0) is 23.8 Å². The zero-order valence-corrected chi connectivity index (χ0v) is 9.72. The summed E-state index contributed by atoms with van der Waals surface area (Å²) >= 11 is 1.80. The normalized spacial score (nSPS) is 10.2. The molecule has 2 nitrogen and oxygen atoms in total. The number of rotatable bonds is 6. The fourth-order valence-corrected chi connectivity index (χ4v) is 2.39. The fraction of sp³-hybridized carbons (Fsp3) is 0.417. The topological polar surface area (TPSA) is 37.3 Å². The van der Waals surface area contributed by atoms with E-state index in [2.05, 4.69) is 6.92 Å². The predicted molar refractivity (Wildman–Crippen MR) is 64.5 cm³/mol. The van der Waals surface area contributed by atoms with Crippen LogP contribution in [0.2, 0.25) is 0 Å². The van der Waals surface area contributed by atoms with Crippen LogP contribution in [0.5, 0.6) is 0 Å². The average molecular weight is 224 g/mol. The van der Waals surface area contributed by atoms with Crippen LogP contribution in [0.15, 0.2) is 24.3 Å². The molecule has 0 aliphatic carbocycles. The molecular formula is C12H16O2S. The molecule has 0 fully saturated rings. The first-order valence-corrected chi connectivity index (χ1v) is 6.30. The minimum atomic E-state index is -0.832. The third kappa shape index (κ3) is 3.96. The average Bonchev–Trinajstić information content (AvgIpc) is 2.25. The third-order valence-electron chi connectivity index (χ3n) is 2.15. The van der Waals surface area contributed by atoms with E-state index in [-0.39, 0.29) is 0 Å². The van der Waals surface area contributed by atoms with Gasteiger partial charge >= 0.3 is 5.97 Å². The van der Waals surface area contributed by atoms with Gasteiger partial charge in [0.15, 0.2) is 0 Å². The van der Waals surface area contributed by atoms with E-state index in [9.17, 15) is 4.79 Å². The van der Waals surface area contributed by atoms with E-state index in [1.54, 1.807) is 23.9 Å². The summed E-state index contributed by atoms with van der Waals surface area (Å²) < 4.78 is 0. The first kappa shape index (κ1) is 12.1. The van der Waals surface area contributed by atoms with Gasteiger partial charge < -0.3 is 5.11 Å². The first-order chi connectivity index (χ1) is 7.25. The third-order valence-corrected chi connectivity index (χ3v) is 3.24. The Morgan fingerprint density at radius 3 is 2.80 bits per heavy atom. The maximum absolute atomic E-state index is 10.9. The van der Waals surface area contributed by atoms with E-state index in [1.807, 2.05) is 12.1 Å². The number of thioether (sulfide) groups is 1. The van der Waals surface area contributed by atoms with E-state index in [0.29, 0.717) is 5.56 Å². The second kappa shape index (κ2) is 6.51. The Morgan fingerprint density at radius 1 is 1.40 bits per heavy atom. The van der Waals surface area contributed by atoms with Crippen molar-refractivity contribution < 1.29 is 9.90 Å². The highest BCUT2D eigenvalue weighted by Crippen LogP contribution is 2.17. The van der Waals surface area contributed by atoms with Crippen molar-refractivity contribution in [1.29, 1.82) is 0 Å². The fourth-order valence-electron chi connectivity index (χ4n) is 1.28. The van der Waals surface area contributed by atoms with Gasteiger partial charge in [0.05, 0.1) is 5.56 Å². The van der Waals surface area contributed by atoms with Crippen molar-refractivity contribution in [3.05, 3.63) is 35.4 Å². The number of carboxylic acid groups (broad SMARTS) is 1. The molecule has 0 unspecified atom stereocenters. The Morgan fingerprint density at radius 2 is 2.13 bits per heavy atom. The van der Waals surface area contributed by atoms with Crippen LogP contribution in [-0.4, -0.2) is 16.8 Å². The van der Waals surface area contributed by atoms with Gasteiger partial charge in [0, 0.05) is 5.75 Å². The molecule has 82 valence electrons. The van der Waals surface area contributed by atoms with Gasteiger partial charge in [-0.2, -0.15) is 11.8 Å². The first-order valence-electron chi connectivity index (χ1n) is 5.14. The maximum atomic E-state index is 10.9. The van der Waals surface area contributed by atoms with Crippen molar-refractivity contribution in [2.75, 3.05) is 5.75 Å². The van der Waals surface area contributed by atoms with Crippen molar-refractivity contribution in [2.45, 2.75) is 25.5 Å². The number of hydrogen-bond acceptors (Lipinski definition) is 2. The number of unbranched alkanes of at least 4 members (excludes halogenated alkanes) is 1. The van der Waals surface area contributed by atoms with Gasteiger partial charge in [0.1, 0.15) is 0 Å². The molecule has 0 saturated carbocycles. The quantitative estimate of drug-likeness (QED) is 0.752. The molecule has 0 saturated heterocycles. The molecule has 0 aromatic heterocycles. The number of benzene rings is 1. The van der Waals surface area contributed by atoms with E-state index in [1.165, 1.54) is 12.8 Å². The standard InChI is InChI=1S/C12H16O2S/c1-2-3-8-15-9-10-6-4-5-7-11(10)12(13)14/h4-7H,2-3,8-9H2,1H3,(H,13,14). The molecular weight excluding hydrogens is 208 g/mol. The molecule has 15 heavy (non-hydrogen) atoms. The lowest BCUT2D eigenvalue weighted by Gasteiger charge is -2.04. The van der Waals surface area contributed by atoms with E-state index in [4.69, 9.17) is 5.11 Å². The molecule has 0 spiro atoms. The molecule has 0 amide bonds. The predicted octanol–water partition coefficient (Wildman–Crippen LogP) is 3.42. The lowest BCUT2D eigenvalue weighted by Crippen LogP contribution is -2.01. The highest BCUT2D eigenvalue weighted by molar-refractivity contribution is 7.98. The van der Waals surface area contributed by atoms with Gasteiger partial charge in [0.25, 0.3) is 0 Å². The van der Waals surface area contributed by atoms with Crippen LogP contribution < -0.4 is 0 Å². The van der Waals surface area contributed by atoms with Crippen molar-refractivity contribution in [3.63, 3.8) is 0 Å². The highest BCUT2D eigenvalue weighted by atomic mass is 32.2. The van der Waals surface area contributed by atoms with E-state index in [0.717, 1.165) is 17.1 Å². The molecule has 0 heterocycles. The number of carboxylic acids is 1. The zero-order valence-electron chi connectivity index (χ0n) is 8.90. The Hall–Kier alpha value is -0.960. The summed E-state index contributed by atoms with van der Waals surface area (Å²) in [6.45, 7) is 2.16. The van der Waals surface area contributed by atoms with E-state index < -0.39 is 5.97 Å². The largest absolute Gasteiger partial charge is 0.478 e. The van der Waals surface area contributed by atoms with Crippen molar-refractivity contribution in [1.82, 2.24) is 0 Å². The van der Waals surface area contributed by atoms with Gasteiger partial charge in [-0.1, -0.05) is 31.5 Å². The summed E-state index contributed by atoms with van der Waals surface area (Å²) in [4.78, 5) is 10.9. The molecule has 1 aromatic rings. The minimum absolute atomic E-state index is 0.432. The van der Waals surface area contributed by atoms with Crippen LogP contribution in [0.4, 0.5) is 0 Å². The molecule has 0 radical (unpaired) electrons. The summed E-state index contributed by atoms with van der Waals surface area (Å²) in [7, 11) is 0. The maximum Gasteiger partial charge on any atom is 0.335 e. The minimum Gasteiger partial charge on any atom is -0.478 e. The number of carbonyl (C=O) groups is 1. The lowest BCUT2D eigenvalue weighted by atomic mass is 10.1. The van der Waals surface area contributed by atoms with Crippen molar-refractivity contribution in [2.24, 2.45) is 0 Å². The summed E-state index contributed by atoms with van der Waals surface area (Å²) in [5.74, 6) is 1.06. The molecule has 1 N–H and O–H groups in total. The smallest absolute Gasteiger partial charge is 0.335 e. The molecule has 3 heteroatoms. The van der Waals surface area contributed by atoms with Crippen LogP contribution in [0.3, 0.4) is 0 Å². The van der Waals surface area contributed by atoms with E-state index >= 15 is 0 Å². The summed E-state index contributed by atoms with van der Waals surface area (Å²) in [6, 6.07) is 7.21. The second-order valence-electron chi connectivity index (χ2n) is 3.37. The number of hydrogen-bond donors (Lipinski definition) is 1. The molecule has 0 aliphatic rings. The van der Waals surface area contributed by atoms with Crippen molar-refractivity contribution in [3.8, 4) is 0 Å².